The smallest absolute Gasteiger partial charge is 0.247 e. The number of anilines is 1. The highest BCUT2D eigenvalue weighted by Crippen LogP contribution is 2.30. The molecule has 1 saturated heterocycles. The number of hydrogen-bond acceptors (Lipinski definition) is 6. The monoisotopic (exact) mass is 430 g/mol. The van der Waals surface area contributed by atoms with E-state index >= 15 is 0 Å². The van der Waals surface area contributed by atoms with Gasteiger partial charge in [0.2, 0.25) is 11.8 Å². The van der Waals surface area contributed by atoms with Crippen LogP contribution >= 0.6 is 23.4 Å². The standard InChI is InChI=1S/C20H19ClN4O3S/c1-2-28-15-9-7-14(8-10-15)25-18(26)11-17(19(25)27)29-20(22)24-23-12-13-5-3-4-6-16(13)21/h3-10,12,17H,2,11H2,1H3,(H2,22,24). The fraction of sp³-hybridized carbons (Fsp3) is 0.200. The number of ether oxygens (including phenoxy) is 1. The Bertz CT molecular complexity index is 962. The van der Waals surface area contributed by atoms with Crippen molar-refractivity contribution in [3.63, 3.8) is 0 Å². The minimum atomic E-state index is -0.645. The van der Waals surface area contributed by atoms with E-state index in [-0.39, 0.29) is 23.4 Å². The van der Waals surface area contributed by atoms with E-state index in [1.165, 1.54) is 6.21 Å². The highest BCUT2D eigenvalue weighted by Gasteiger charge is 2.40. The SMILES string of the molecule is CCOc1ccc(N2C(=O)CC(SC(N)=NN=Cc3ccccc3Cl)C2=O)cc1. The minimum Gasteiger partial charge on any atom is -0.494 e. The van der Waals surface area contributed by atoms with Gasteiger partial charge in [-0.25, -0.2) is 4.90 Å². The first-order valence-corrected chi connectivity index (χ1v) is 10.1. The summed E-state index contributed by atoms with van der Waals surface area (Å²) in [7, 11) is 0. The van der Waals surface area contributed by atoms with Crippen LogP contribution in [0.15, 0.2) is 58.7 Å². The Kier molecular flexibility index (Phi) is 6.90. The molecule has 9 heteroatoms. The highest BCUT2D eigenvalue weighted by molar-refractivity contribution is 8.14. The Morgan fingerprint density at radius 1 is 1.28 bits per heavy atom. The van der Waals surface area contributed by atoms with Crippen molar-refractivity contribution in [3.8, 4) is 5.75 Å². The van der Waals surface area contributed by atoms with E-state index in [4.69, 9.17) is 22.1 Å². The van der Waals surface area contributed by atoms with Crippen LogP contribution in [-0.4, -0.2) is 35.1 Å². The average molecular weight is 431 g/mol. The fourth-order valence-corrected chi connectivity index (χ4v) is 3.73. The summed E-state index contributed by atoms with van der Waals surface area (Å²) < 4.78 is 5.38. The molecule has 0 aliphatic carbocycles. The zero-order valence-electron chi connectivity index (χ0n) is 15.6. The Morgan fingerprint density at radius 3 is 2.69 bits per heavy atom. The van der Waals surface area contributed by atoms with Gasteiger partial charge in [-0.3, -0.25) is 9.59 Å². The highest BCUT2D eigenvalue weighted by atomic mass is 35.5. The molecule has 1 atom stereocenters. The number of amidine groups is 1. The lowest BCUT2D eigenvalue weighted by atomic mass is 10.2. The van der Waals surface area contributed by atoms with Gasteiger partial charge >= 0.3 is 0 Å². The van der Waals surface area contributed by atoms with Gasteiger partial charge in [0.05, 0.1) is 18.5 Å². The van der Waals surface area contributed by atoms with Crippen LogP contribution in [0.25, 0.3) is 0 Å². The molecule has 29 heavy (non-hydrogen) atoms. The lowest BCUT2D eigenvalue weighted by Crippen LogP contribution is -2.31. The summed E-state index contributed by atoms with van der Waals surface area (Å²) in [6.07, 6.45) is 1.52. The normalized spacial score (nSPS) is 17.4. The summed E-state index contributed by atoms with van der Waals surface area (Å²) in [6, 6.07) is 14.0. The van der Waals surface area contributed by atoms with Gasteiger partial charge in [0.15, 0.2) is 5.17 Å². The molecule has 0 radical (unpaired) electrons. The third kappa shape index (κ3) is 5.16. The van der Waals surface area contributed by atoms with Crippen molar-refractivity contribution < 1.29 is 14.3 Å². The van der Waals surface area contributed by atoms with Gasteiger partial charge in [0, 0.05) is 17.0 Å². The Balaban J connectivity index is 1.65. The number of halogens is 1. The fourth-order valence-electron chi connectivity index (χ4n) is 2.72. The molecule has 1 unspecified atom stereocenters. The predicted octanol–water partition coefficient (Wildman–Crippen LogP) is 3.45. The first kappa shape index (κ1) is 20.9. The Labute approximate surface area is 177 Å². The van der Waals surface area contributed by atoms with E-state index in [1.54, 1.807) is 36.4 Å². The van der Waals surface area contributed by atoms with Gasteiger partial charge in [-0.15, -0.1) is 5.10 Å². The van der Waals surface area contributed by atoms with Crippen molar-refractivity contribution in [2.75, 3.05) is 11.5 Å². The van der Waals surface area contributed by atoms with Crippen LogP contribution in [0.5, 0.6) is 5.75 Å². The van der Waals surface area contributed by atoms with Crippen molar-refractivity contribution in [1.82, 2.24) is 0 Å². The number of amides is 2. The second kappa shape index (κ2) is 9.58. The van der Waals surface area contributed by atoms with E-state index in [9.17, 15) is 9.59 Å². The third-order valence-electron chi connectivity index (χ3n) is 4.03. The molecule has 150 valence electrons. The van der Waals surface area contributed by atoms with Gasteiger partial charge in [-0.05, 0) is 37.3 Å². The maximum Gasteiger partial charge on any atom is 0.247 e. The topological polar surface area (TPSA) is 97.3 Å². The average Bonchev–Trinajstić information content (AvgIpc) is 2.97. The molecule has 2 aromatic carbocycles. The van der Waals surface area contributed by atoms with Crippen molar-refractivity contribution in [3.05, 3.63) is 59.1 Å². The number of carbonyl (C=O) groups is 2. The van der Waals surface area contributed by atoms with Gasteiger partial charge in [-0.1, -0.05) is 41.6 Å². The van der Waals surface area contributed by atoms with Crippen LogP contribution in [-0.2, 0) is 9.59 Å². The van der Waals surface area contributed by atoms with Crippen LogP contribution in [0.3, 0.4) is 0 Å². The van der Waals surface area contributed by atoms with Crippen LogP contribution < -0.4 is 15.4 Å². The van der Waals surface area contributed by atoms with Gasteiger partial charge < -0.3 is 10.5 Å². The molecular formula is C20H19ClN4O3S. The number of nitrogens with zero attached hydrogens (tertiary/aromatic N) is 3. The second-order valence-electron chi connectivity index (χ2n) is 6.01. The lowest BCUT2D eigenvalue weighted by Gasteiger charge is -2.15. The molecule has 3 rings (SSSR count). The van der Waals surface area contributed by atoms with Crippen LogP contribution in [0, 0.1) is 0 Å². The van der Waals surface area contributed by atoms with E-state index in [0.717, 1.165) is 16.7 Å². The first-order chi connectivity index (χ1) is 14.0. The number of hydrogen-bond donors (Lipinski definition) is 1. The molecule has 2 amide bonds. The molecule has 0 spiro atoms. The Hall–Kier alpha value is -2.84. The molecule has 1 aliphatic heterocycles. The quantitative estimate of drug-likeness (QED) is 0.327. The van der Waals surface area contributed by atoms with Gasteiger partial charge in [-0.2, -0.15) is 5.10 Å². The zero-order valence-corrected chi connectivity index (χ0v) is 17.2. The molecule has 2 N–H and O–H groups in total. The molecule has 1 fully saturated rings. The molecule has 1 heterocycles. The number of imide groups is 1. The van der Waals surface area contributed by atoms with Gasteiger partial charge in [0.25, 0.3) is 0 Å². The largest absolute Gasteiger partial charge is 0.494 e. The number of rotatable bonds is 6. The number of nitrogens with two attached hydrogens (primary N) is 1. The van der Waals surface area contributed by atoms with Crippen molar-refractivity contribution in [1.29, 1.82) is 0 Å². The first-order valence-electron chi connectivity index (χ1n) is 8.87. The summed E-state index contributed by atoms with van der Waals surface area (Å²) >= 11 is 7.05. The predicted molar refractivity (Wildman–Crippen MR) is 117 cm³/mol. The second-order valence-corrected chi connectivity index (χ2v) is 7.64. The molecule has 0 bridgehead atoms. The van der Waals surface area contributed by atoms with Crippen LogP contribution in [0.1, 0.15) is 18.9 Å². The Morgan fingerprint density at radius 2 is 2.00 bits per heavy atom. The molecular weight excluding hydrogens is 412 g/mol. The number of thioether (sulfide) groups is 1. The van der Waals surface area contributed by atoms with Crippen LogP contribution in [0.4, 0.5) is 5.69 Å². The molecule has 0 aromatic heterocycles. The summed E-state index contributed by atoms with van der Waals surface area (Å²) in [5.41, 5.74) is 7.07. The lowest BCUT2D eigenvalue weighted by molar-refractivity contribution is -0.121. The maximum atomic E-state index is 12.7. The summed E-state index contributed by atoms with van der Waals surface area (Å²) in [5.74, 6) is 0.0513. The number of benzene rings is 2. The summed E-state index contributed by atoms with van der Waals surface area (Å²) in [6.45, 7) is 2.42. The van der Waals surface area contributed by atoms with Gasteiger partial charge in [0.1, 0.15) is 11.0 Å². The van der Waals surface area contributed by atoms with E-state index in [1.807, 2.05) is 19.1 Å². The van der Waals surface area contributed by atoms with Crippen molar-refractivity contribution in [2.45, 2.75) is 18.6 Å². The zero-order chi connectivity index (χ0) is 20.8. The number of carbonyl (C=O) groups excluding carboxylic acids is 2. The minimum absolute atomic E-state index is 0.0428. The molecule has 7 nitrogen and oxygen atoms in total. The summed E-state index contributed by atoms with van der Waals surface area (Å²) in [4.78, 5) is 26.2. The van der Waals surface area contributed by atoms with E-state index in [0.29, 0.717) is 28.6 Å². The van der Waals surface area contributed by atoms with Crippen molar-refractivity contribution in [2.24, 2.45) is 15.9 Å². The van der Waals surface area contributed by atoms with E-state index < -0.39 is 5.25 Å². The van der Waals surface area contributed by atoms with Crippen molar-refractivity contribution >= 4 is 52.2 Å². The maximum absolute atomic E-state index is 12.7. The molecule has 1 aliphatic rings. The molecule has 2 aromatic rings. The molecule has 0 saturated carbocycles. The third-order valence-corrected chi connectivity index (χ3v) is 5.35. The summed E-state index contributed by atoms with van der Waals surface area (Å²) in [5, 5.41) is 7.77. The van der Waals surface area contributed by atoms with Crippen LogP contribution in [0.2, 0.25) is 5.02 Å². The van der Waals surface area contributed by atoms with E-state index in [2.05, 4.69) is 10.2 Å².